The molecule has 7 unspecified atom stereocenters. The molecule has 0 bridgehead atoms. The summed E-state index contributed by atoms with van der Waals surface area (Å²) in [4.78, 5) is 0. The Morgan fingerprint density at radius 3 is 2.43 bits per heavy atom. The second kappa shape index (κ2) is 7.81. The Balaban J connectivity index is 4.09. The molecule has 3 N–H and O–H groups in total. The smallest absolute Gasteiger partial charge is 0.0710 e. The molecule has 0 radical (unpaired) electrons. The highest BCUT2D eigenvalue weighted by Crippen LogP contribution is 2.68. The van der Waals surface area contributed by atoms with Crippen molar-refractivity contribution in [1.29, 1.82) is 0 Å². The van der Waals surface area contributed by atoms with Gasteiger partial charge < -0.3 is 10.8 Å². The first kappa shape index (κ1) is 15.6. The summed E-state index contributed by atoms with van der Waals surface area (Å²) in [6.45, 7) is 3.98. The van der Waals surface area contributed by atoms with Crippen LogP contribution >= 0.6 is 33.3 Å². The van der Waals surface area contributed by atoms with E-state index in [1.807, 2.05) is 6.92 Å². The molecular weight excluding hydrogens is 252 g/mol. The molecule has 3 nitrogen and oxygen atoms in total. The van der Waals surface area contributed by atoms with Crippen molar-refractivity contribution in [2.45, 2.75) is 38.5 Å². The van der Waals surface area contributed by atoms with Crippen molar-refractivity contribution in [3.63, 3.8) is 0 Å². The lowest BCUT2D eigenvalue weighted by atomic mass is 10.1. The lowest BCUT2D eigenvalue weighted by Gasteiger charge is -2.33. The molecule has 0 saturated heterocycles. The molecule has 0 saturated carbocycles. The standard InChI is InChI=1S/C7H22N2OP4/c1-5(8)4-7(10)6(2)9(3)14(12)13-11/h5-7,10,13H,4,8,11-12H2,1-3H3. The molecule has 0 amide bonds. The fourth-order valence-corrected chi connectivity index (χ4v) is 5.21. The minimum absolute atomic E-state index is 0.0648. The van der Waals surface area contributed by atoms with Gasteiger partial charge in [-0.05, 0) is 27.3 Å². The molecule has 14 heavy (non-hydrogen) atoms. The highest BCUT2D eigenvalue weighted by Gasteiger charge is 2.22. The van der Waals surface area contributed by atoms with Crippen LogP contribution in [0.15, 0.2) is 0 Å². The molecule has 0 aliphatic carbocycles. The maximum atomic E-state index is 9.88. The van der Waals surface area contributed by atoms with E-state index in [4.69, 9.17) is 5.73 Å². The van der Waals surface area contributed by atoms with Gasteiger partial charge in [0.1, 0.15) is 0 Å². The van der Waals surface area contributed by atoms with E-state index in [1.54, 1.807) is 0 Å². The average Bonchev–Trinajstić information content (AvgIpc) is 2.13. The first-order valence-corrected chi connectivity index (χ1v) is 11.1. The minimum atomic E-state index is -0.327. The molecule has 86 valence electrons. The third-order valence-electron chi connectivity index (χ3n) is 2.23. The predicted molar refractivity (Wildman–Crippen MR) is 76.2 cm³/mol. The Hall–Kier alpha value is 1.60. The monoisotopic (exact) mass is 274 g/mol. The van der Waals surface area contributed by atoms with E-state index in [2.05, 4.69) is 36.5 Å². The summed E-state index contributed by atoms with van der Waals surface area (Å²) in [5.41, 5.74) is 5.66. The first-order chi connectivity index (χ1) is 6.40. The van der Waals surface area contributed by atoms with Crippen molar-refractivity contribution in [1.82, 2.24) is 4.67 Å². The third-order valence-corrected chi connectivity index (χ3v) is 12.8. The molecule has 7 atom stereocenters. The van der Waals surface area contributed by atoms with E-state index < -0.39 is 0 Å². The molecule has 0 aromatic heterocycles. The summed E-state index contributed by atoms with van der Waals surface area (Å²) >= 11 is 0. The Labute approximate surface area is 94.6 Å². The summed E-state index contributed by atoms with van der Waals surface area (Å²) in [6, 6.07) is 0.243. The lowest BCUT2D eigenvalue weighted by molar-refractivity contribution is 0.0970. The largest absolute Gasteiger partial charge is 0.391 e. The Bertz CT molecular complexity index is 161. The second-order valence-corrected chi connectivity index (χ2v) is 12.6. The van der Waals surface area contributed by atoms with Crippen molar-refractivity contribution < 1.29 is 5.11 Å². The number of hydrogen-bond acceptors (Lipinski definition) is 3. The van der Waals surface area contributed by atoms with Gasteiger partial charge in [-0.15, -0.1) is 8.93 Å². The predicted octanol–water partition coefficient (Wildman–Crippen LogP) is 1.98. The van der Waals surface area contributed by atoms with Crippen molar-refractivity contribution >= 4 is 33.3 Å². The Morgan fingerprint density at radius 1 is 1.57 bits per heavy atom. The van der Waals surface area contributed by atoms with Gasteiger partial charge in [0.05, 0.1) is 6.10 Å². The Kier molecular flexibility index (Phi) is 8.70. The van der Waals surface area contributed by atoms with Crippen LogP contribution in [0.3, 0.4) is 0 Å². The normalized spacial score (nSPS) is 21.4. The number of rotatable bonds is 6. The molecule has 0 fully saturated rings. The zero-order valence-electron chi connectivity index (χ0n) is 9.01. The number of nitrogens with zero attached hydrogens (tertiary/aromatic N) is 1. The number of hydrogen-bond donors (Lipinski definition) is 2. The van der Waals surface area contributed by atoms with E-state index >= 15 is 0 Å². The first-order valence-electron chi connectivity index (χ1n) is 4.57. The van der Waals surface area contributed by atoms with E-state index in [1.165, 1.54) is 0 Å². The molecule has 0 heterocycles. The van der Waals surface area contributed by atoms with E-state index in [-0.39, 0.29) is 25.6 Å². The van der Waals surface area contributed by atoms with Crippen molar-refractivity contribution in [3.8, 4) is 0 Å². The molecule has 0 rings (SSSR count). The molecule has 0 aliphatic heterocycles. The quantitative estimate of drug-likeness (QED) is 0.728. The molecule has 7 heteroatoms. The molecule has 0 spiro atoms. The van der Waals surface area contributed by atoms with E-state index in [9.17, 15) is 5.11 Å². The fourth-order valence-electron chi connectivity index (χ4n) is 1.11. The average molecular weight is 274 g/mol. The second-order valence-electron chi connectivity index (χ2n) is 3.57. The maximum absolute atomic E-state index is 9.88. The SMILES string of the molecule is CC(N)CC(O)C(C)N(C)P(P)PP. The van der Waals surface area contributed by atoms with Crippen LogP contribution < -0.4 is 5.73 Å². The summed E-state index contributed by atoms with van der Waals surface area (Å²) in [6.07, 6.45) is 0.339. The van der Waals surface area contributed by atoms with E-state index in [0.29, 0.717) is 6.42 Å². The van der Waals surface area contributed by atoms with Gasteiger partial charge in [0, 0.05) is 19.5 Å². The van der Waals surface area contributed by atoms with Gasteiger partial charge in [-0.25, -0.2) is 0 Å². The summed E-state index contributed by atoms with van der Waals surface area (Å²) in [5, 5.41) is 9.88. The molecule has 0 aromatic rings. The van der Waals surface area contributed by atoms with Crippen LogP contribution in [0.25, 0.3) is 0 Å². The Morgan fingerprint density at radius 2 is 2.07 bits per heavy atom. The van der Waals surface area contributed by atoms with Crippen LogP contribution in [0.2, 0.25) is 0 Å². The van der Waals surface area contributed by atoms with Crippen molar-refractivity contribution in [2.24, 2.45) is 5.73 Å². The van der Waals surface area contributed by atoms with Gasteiger partial charge in [0.15, 0.2) is 0 Å². The topological polar surface area (TPSA) is 49.5 Å². The summed E-state index contributed by atoms with van der Waals surface area (Å²) < 4.78 is 2.23. The third kappa shape index (κ3) is 5.62. The number of nitrogens with two attached hydrogens (primary N) is 1. The highest BCUT2D eigenvalue weighted by atomic mass is 32.6. The van der Waals surface area contributed by atoms with Crippen LogP contribution in [0, 0.1) is 0 Å². The van der Waals surface area contributed by atoms with Gasteiger partial charge in [-0.1, -0.05) is 16.9 Å². The van der Waals surface area contributed by atoms with E-state index in [0.717, 1.165) is 7.96 Å². The lowest BCUT2D eigenvalue weighted by Crippen LogP contribution is -2.38. The maximum Gasteiger partial charge on any atom is 0.0710 e. The molecular formula is C7H22N2OP4. The highest BCUT2D eigenvalue weighted by molar-refractivity contribution is 8.60. The van der Waals surface area contributed by atoms with Gasteiger partial charge in [0.2, 0.25) is 0 Å². The molecule has 0 aliphatic rings. The van der Waals surface area contributed by atoms with Crippen LogP contribution in [0.5, 0.6) is 0 Å². The van der Waals surface area contributed by atoms with Crippen LogP contribution in [0.1, 0.15) is 20.3 Å². The van der Waals surface area contributed by atoms with Crippen molar-refractivity contribution in [3.05, 3.63) is 0 Å². The van der Waals surface area contributed by atoms with Gasteiger partial charge in [-0.2, -0.15) is 0 Å². The van der Waals surface area contributed by atoms with Gasteiger partial charge in [-0.3, -0.25) is 4.67 Å². The number of aliphatic hydroxyl groups is 1. The van der Waals surface area contributed by atoms with Crippen LogP contribution in [0.4, 0.5) is 0 Å². The number of likely N-dealkylation sites (N-methyl/N-ethyl adjacent to an activating group) is 1. The van der Waals surface area contributed by atoms with Crippen molar-refractivity contribution in [2.75, 3.05) is 7.05 Å². The minimum Gasteiger partial charge on any atom is -0.391 e. The van der Waals surface area contributed by atoms with Gasteiger partial charge in [0.25, 0.3) is 0 Å². The van der Waals surface area contributed by atoms with Gasteiger partial charge >= 0.3 is 0 Å². The fraction of sp³-hybridized carbons (Fsp3) is 1.00. The number of aliphatic hydroxyl groups excluding tert-OH is 1. The summed E-state index contributed by atoms with van der Waals surface area (Å²) in [7, 11) is 8.29. The molecule has 0 aromatic carbocycles. The summed E-state index contributed by atoms with van der Waals surface area (Å²) in [5.74, 6) is 0. The zero-order valence-corrected chi connectivity index (χ0v) is 13.2. The van der Waals surface area contributed by atoms with Crippen LogP contribution in [-0.2, 0) is 0 Å². The van der Waals surface area contributed by atoms with Crippen LogP contribution in [-0.4, -0.2) is 35.0 Å². The zero-order chi connectivity index (χ0) is 11.3.